The van der Waals surface area contributed by atoms with Crippen molar-refractivity contribution >= 4 is 33.8 Å². The minimum atomic E-state index is -2.17. The van der Waals surface area contributed by atoms with Crippen molar-refractivity contribution in [2.75, 3.05) is 0 Å². The fourth-order valence-corrected chi connectivity index (χ4v) is 1.95. The van der Waals surface area contributed by atoms with Gasteiger partial charge in [0, 0.05) is 4.47 Å². The molecule has 0 amide bonds. The predicted molar refractivity (Wildman–Crippen MR) is 89.5 cm³/mol. The number of hydrogen-bond donors (Lipinski definition) is 1. The molecule has 1 N–H and O–H groups in total. The van der Waals surface area contributed by atoms with Crippen LogP contribution in [0.5, 0.6) is 0 Å². The smallest absolute Gasteiger partial charge is 0.313 e. The van der Waals surface area contributed by atoms with E-state index in [-0.39, 0.29) is 0 Å². The first-order valence-electron chi connectivity index (χ1n) is 7.09. The summed E-state index contributed by atoms with van der Waals surface area (Å²) in [4.78, 5) is 23.2. The number of alkyl halides is 1. The van der Waals surface area contributed by atoms with Crippen LogP contribution in [-0.4, -0.2) is 34.7 Å². The molecular weight excluding hydrogens is 367 g/mol. The molecule has 0 bridgehead atoms. The summed E-state index contributed by atoms with van der Waals surface area (Å²) in [7, 11) is 0. The molecule has 2 unspecified atom stereocenters. The number of esters is 1. The second-order valence-corrected chi connectivity index (χ2v) is 6.95. The summed E-state index contributed by atoms with van der Waals surface area (Å²) < 4.78 is 19.7. The van der Waals surface area contributed by atoms with Crippen LogP contribution in [0.4, 0.5) is 4.39 Å². The minimum Gasteiger partial charge on any atom is -0.460 e. The summed E-state index contributed by atoms with van der Waals surface area (Å²) in [5, 5.41) is 9.71. The van der Waals surface area contributed by atoms with E-state index in [2.05, 4.69) is 15.9 Å². The van der Waals surface area contributed by atoms with Crippen molar-refractivity contribution in [1.29, 1.82) is 0 Å². The monoisotopic (exact) mass is 386 g/mol. The average Bonchev–Trinajstić information content (AvgIpc) is 2.43. The zero-order valence-corrected chi connectivity index (χ0v) is 14.8. The lowest BCUT2D eigenvalue weighted by Crippen LogP contribution is -2.32. The molecule has 4 nitrogen and oxygen atoms in total. The van der Waals surface area contributed by atoms with Crippen molar-refractivity contribution in [2.24, 2.45) is 0 Å². The number of aliphatic hydroxyl groups is 1. The number of carbonyl (C=O) groups is 2. The van der Waals surface area contributed by atoms with Crippen molar-refractivity contribution < 1.29 is 23.8 Å². The van der Waals surface area contributed by atoms with E-state index in [9.17, 15) is 19.1 Å². The van der Waals surface area contributed by atoms with Gasteiger partial charge in [-0.3, -0.25) is 9.59 Å². The number of aliphatic hydroxyl groups excluding tert-OH is 1. The van der Waals surface area contributed by atoms with Crippen LogP contribution in [0, 0.1) is 0 Å². The third-order valence-electron chi connectivity index (χ3n) is 2.70. The highest BCUT2D eigenvalue weighted by molar-refractivity contribution is 9.10. The first-order chi connectivity index (χ1) is 10.6. The van der Waals surface area contributed by atoms with Gasteiger partial charge in [-0.25, -0.2) is 4.39 Å². The molecule has 0 fully saturated rings. The first kappa shape index (κ1) is 19.5. The minimum absolute atomic E-state index is 0.707. The highest BCUT2D eigenvalue weighted by Gasteiger charge is 2.28. The molecular formula is C17H20BrFO4. The molecule has 0 spiro atoms. The maximum atomic E-state index is 13.9. The molecule has 0 saturated heterocycles. The molecule has 0 radical (unpaired) electrons. The van der Waals surface area contributed by atoms with Gasteiger partial charge in [-0.15, -0.1) is 0 Å². The van der Waals surface area contributed by atoms with Crippen LogP contribution in [0.3, 0.4) is 0 Å². The van der Waals surface area contributed by atoms with E-state index in [1.54, 1.807) is 45.0 Å². The van der Waals surface area contributed by atoms with Crippen LogP contribution in [0.25, 0.3) is 6.08 Å². The quantitative estimate of drug-likeness (QED) is 0.600. The zero-order chi connectivity index (χ0) is 17.6. The van der Waals surface area contributed by atoms with Crippen LogP contribution in [0.1, 0.15) is 32.8 Å². The SMILES string of the molecule is CC(C)(C)OC(=O)CC(=O)C(F)C(O)/C=C/c1ccc(Br)cc1. The van der Waals surface area contributed by atoms with Crippen molar-refractivity contribution in [3.05, 3.63) is 40.4 Å². The van der Waals surface area contributed by atoms with E-state index in [1.165, 1.54) is 12.2 Å². The van der Waals surface area contributed by atoms with Crippen molar-refractivity contribution in [3.8, 4) is 0 Å². The van der Waals surface area contributed by atoms with Gasteiger partial charge >= 0.3 is 5.97 Å². The molecule has 0 aromatic heterocycles. The molecule has 1 rings (SSSR count). The van der Waals surface area contributed by atoms with Gasteiger partial charge in [0.05, 0.1) is 0 Å². The second-order valence-electron chi connectivity index (χ2n) is 6.03. The maximum absolute atomic E-state index is 13.9. The fourth-order valence-electron chi connectivity index (χ4n) is 1.69. The topological polar surface area (TPSA) is 63.6 Å². The predicted octanol–water partition coefficient (Wildman–Crippen LogP) is 3.46. The normalized spacial score (nSPS) is 14.5. The number of ketones is 1. The Kier molecular flexibility index (Phi) is 7.09. The van der Waals surface area contributed by atoms with Crippen LogP contribution < -0.4 is 0 Å². The van der Waals surface area contributed by atoms with Gasteiger partial charge in [-0.1, -0.05) is 40.2 Å². The molecule has 1 aromatic rings. The number of rotatable bonds is 6. The molecule has 0 aliphatic rings. The number of hydrogen-bond acceptors (Lipinski definition) is 4. The summed E-state index contributed by atoms with van der Waals surface area (Å²) in [5.74, 6) is -1.82. The Morgan fingerprint density at radius 2 is 1.87 bits per heavy atom. The summed E-state index contributed by atoms with van der Waals surface area (Å²) >= 11 is 3.29. The van der Waals surface area contributed by atoms with E-state index in [0.29, 0.717) is 0 Å². The van der Waals surface area contributed by atoms with Gasteiger partial charge in [0.15, 0.2) is 12.0 Å². The Bertz CT molecular complexity index is 575. The largest absolute Gasteiger partial charge is 0.460 e. The van der Waals surface area contributed by atoms with Crippen LogP contribution in [0.2, 0.25) is 0 Å². The Morgan fingerprint density at radius 1 is 1.30 bits per heavy atom. The second kappa shape index (κ2) is 8.36. The maximum Gasteiger partial charge on any atom is 0.313 e. The van der Waals surface area contributed by atoms with Gasteiger partial charge in [0.1, 0.15) is 18.1 Å². The van der Waals surface area contributed by atoms with Gasteiger partial charge in [-0.05, 0) is 38.5 Å². The Balaban J connectivity index is 2.58. The standard InChI is InChI=1S/C17H20BrFO4/c1-17(2,3)23-15(22)10-14(21)16(19)13(20)9-6-11-4-7-12(18)8-5-11/h4-9,13,16,20H,10H2,1-3H3/b9-6+. The third kappa shape index (κ3) is 7.52. The van der Waals surface area contributed by atoms with E-state index in [4.69, 9.17) is 4.74 Å². The number of benzene rings is 1. The highest BCUT2D eigenvalue weighted by Crippen LogP contribution is 2.14. The van der Waals surface area contributed by atoms with Gasteiger partial charge in [0.2, 0.25) is 0 Å². The Hall–Kier alpha value is -1.53. The Labute approximate surface area is 143 Å². The number of ether oxygens (including phenoxy) is 1. The van der Waals surface area contributed by atoms with E-state index in [0.717, 1.165) is 10.0 Å². The lowest BCUT2D eigenvalue weighted by molar-refractivity contribution is -0.157. The Morgan fingerprint density at radius 3 is 2.39 bits per heavy atom. The van der Waals surface area contributed by atoms with Gasteiger partial charge < -0.3 is 9.84 Å². The molecule has 2 atom stereocenters. The van der Waals surface area contributed by atoms with Crippen molar-refractivity contribution in [2.45, 2.75) is 45.1 Å². The fraction of sp³-hybridized carbons (Fsp3) is 0.412. The third-order valence-corrected chi connectivity index (χ3v) is 3.23. The van der Waals surface area contributed by atoms with Crippen LogP contribution in [-0.2, 0) is 14.3 Å². The van der Waals surface area contributed by atoms with Crippen LogP contribution >= 0.6 is 15.9 Å². The van der Waals surface area contributed by atoms with Crippen molar-refractivity contribution in [1.82, 2.24) is 0 Å². The van der Waals surface area contributed by atoms with E-state index in [1.807, 2.05) is 0 Å². The lowest BCUT2D eigenvalue weighted by atomic mass is 10.1. The summed E-state index contributed by atoms with van der Waals surface area (Å²) in [6.07, 6.45) is -1.81. The average molecular weight is 387 g/mol. The lowest BCUT2D eigenvalue weighted by Gasteiger charge is -2.19. The molecule has 23 heavy (non-hydrogen) atoms. The van der Waals surface area contributed by atoms with E-state index >= 15 is 0 Å². The number of halogens is 2. The van der Waals surface area contributed by atoms with Gasteiger partial charge in [-0.2, -0.15) is 0 Å². The molecule has 0 heterocycles. The molecule has 0 aliphatic carbocycles. The number of Topliss-reactive ketones (excluding diaryl/α,β-unsaturated/α-hetero) is 1. The molecule has 126 valence electrons. The first-order valence-corrected chi connectivity index (χ1v) is 7.88. The zero-order valence-electron chi connectivity index (χ0n) is 13.3. The highest BCUT2D eigenvalue weighted by atomic mass is 79.9. The number of carbonyl (C=O) groups excluding carboxylic acids is 2. The van der Waals surface area contributed by atoms with Gasteiger partial charge in [0.25, 0.3) is 0 Å². The summed E-state index contributed by atoms with van der Waals surface area (Å²) in [5.41, 5.74) is 0.00236. The summed E-state index contributed by atoms with van der Waals surface area (Å²) in [6.45, 7) is 4.95. The molecule has 6 heteroatoms. The van der Waals surface area contributed by atoms with Crippen LogP contribution in [0.15, 0.2) is 34.8 Å². The molecule has 0 aliphatic heterocycles. The molecule has 1 aromatic carbocycles. The molecule has 0 saturated carbocycles. The van der Waals surface area contributed by atoms with E-state index < -0.39 is 36.1 Å². The summed E-state index contributed by atoms with van der Waals surface area (Å²) in [6, 6.07) is 7.13. The van der Waals surface area contributed by atoms with Crippen molar-refractivity contribution in [3.63, 3.8) is 0 Å².